The highest BCUT2D eigenvalue weighted by molar-refractivity contribution is 8.20. The van der Waals surface area contributed by atoms with Gasteiger partial charge in [0, 0.05) is 11.0 Å². The van der Waals surface area contributed by atoms with E-state index in [0.717, 1.165) is 0 Å². The molecule has 8 heteroatoms. The summed E-state index contributed by atoms with van der Waals surface area (Å²) in [7, 11) is 1.47. The van der Waals surface area contributed by atoms with Crippen LogP contribution in [-0.4, -0.2) is 35.4 Å². The van der Waals surface area contributed by atoms with Gasteiger partial charge < -0.3 is 14.6 Å². The number of esters is 1. The average molecular weight is 366 g/mol. The van der Waals surface area contributed by atoms with Gasteiger partial charge in [-0.15, -0.1) is 0 Å². The van der Waals surface area contributed by atoms with Crippen molar-refractivity contribution >= 4 is 41.5 Å². The summed E-state index contributed by atoms with van der Waals surface area (Å²) in [6.45, 7) is 1.99. The van der Waals surface area contributed by atoms with Crippen LogP contribution in [-0.2, 0) is 14.3 Å². The lowest BCUT2D eigenvalue weighted by molar-refractivity contribution is -0.761. The second-order valence-corrected chi connectivity index (χ2v) is 7.41. The Kier molecular flexibility index (Phi) is 4.88. The fraction of sp³-hybridized carbons (Fsp3) is 0.250. The molecule has 0 bridgehead atoms. The summed E-state index contributed by atoms with van der Waals surface area (Å²) in [6.07, 6.45) is 1.62. The molecule has 24 heavy (non-hydrogen) atoms. The molecule has 1 saturated heterocycles. The summed E-state index contributed by atoms with van der Waals surface area (Å²) < 4.78 is 9.94. The highest BCUT2D eigenvalue weighted by Gasteiger charge is 2.50. The van der Waals surface area contributed by atoms with Crippen molar-refractivity contribution in [1.82, 2.24) is 0 Å². The number of ether oxygens (including phenoxy) is 2. The van der Waals surface area contributed by atoms with Crippen molar-refractivity contribution in [1.29, 1.82) is 0 Å². The number of thioether (sulfide) groups is 2. The zero-order chi connectivity index (χ0) is 17.3. The summed E-state index contributed by atoms with van der Waals surface area (Å²) in [4.78, 5) is 25.6. The molecule has 0 aliphatic carbocycles. The Bertz CT molecular complexity index is 759. The maximum absolute atomic E-state index is 12.7. The Morgan fingerprint density at radius 1 is 1.46 bits per heavy atom. The molecule has 2 N–H and O–H groups in total. The smallest absolute Gasteiger partial charge is 0.393 e. The molecule has 126 valence electrons. The number of benzene rings is 1. The van der Waals surface area contributed by atoms with Crippen LogP contribution in [0.2, 0.25) is 0 Å². The molecule has 2 aliphatic heterocycles. The fourth-order valence-corrected chi connectivity index (χ4v) is 4.98. The van der Waals surface area contributed by atoms with Crippen molar-refractivity contribution in [2.45, 2.75) is 11.6 Å². The van der Waals surface area contributed by atoms with E-state index in [0.29, 0.717) is 26.8 Å². The average Bonchev–Trinajstić information content (AvgIpc) is 3.11. The SMILES string of the molecule is CCOC(=O)C1=CSC2SC(=Cc3cccc(OC)c3O)C(=O)[NH+]12. The van der Waals surface area contributed by atoms with E-state index in [2.05, 4.69) is 0 Å². The number of nitrogens with one attached hydrogen (secondary N) is 1. The first kappa shape index (κ1) is 16.9. The predicted octanol–water partition coefficient (Wildman–Crippen LogP) is 1.33. The summed E-state index contributed by atoms with van der Waals surface area (Å²) in [5.74, 6) is -0.343. The van der Waals surface area contributed by atoms with Crippen LogP contribution in [0.3, 0.4) is 0 Å². The first-order chi connectivity index (χ1) is 11.6. The normalized spacial score (nSPS) is 24.0. The van der Waals surface area contributed by atoms with Gasteiger partial charge in [-0.2, -0.15) is 0 Å². The molecule has 0 radical (unpaired) electrons. The third kappa shape index (κ3) is 2.92. The standard InChI is InChI=1S/C16H15NO5S2/c1-3-22-15(20)10-8-23-16-17(10)14(19)12(24-16)7-9-5-4-6-11(21-2)13(9)18/h4-8,16,18H,3H2,1-2H3/p+1. The minimum absolute atomic E-state index is 0.0169. The van der Waals surface area contributed by atoms with Gasteiger partial charge in [0.25, 0.3) is 0 Å². The molecule has 2 atom stereocenters. The number of hydrogen-bond acceptors (Lipinski definition) is 7. The molecule has 1 fully saturated rings. The number of fused-ring (bicyclic) bond motifs is 1. The molecule has 2 heterocycles. The molecule has 2 aliphatic rings. The number of carbonyl (C=O) groups is 2. The fourth-order valence-electron chi connectivity index (χ4n) is 2.43. The molecular formula is C16H16NO5S2+. The first-order valence-electron chi connectivity index (χ1n) is 7.25. The lowest BCUT2D eigenvalue weighted by atomic mass is 10.1. The highest BCUT2D eigenvalue weighted by atomic mass is 32.2. The quantitative estimate of drug-likeness (QED) is 0.615. The van der Waals surface area contributed by atoms with Crippen molar-refractivity contribution in [3.05, 3.63) is 39.8 Å². The number of amides is 1. The first-order valence-corrected chi connectivity index (χ1v) is 9.08. The third-order valence-electron chi connectivity index (χ3n) is 3.57. The van der Waals surface area contributed by atoms with E-state index in [1.807, 2.05) is 0 Å². The van der Waals surface area contributed by atoms with Crippen LogP contribution in [0.4, 0.5) is 0 Å². The van der Waals surface area contributed by atoms with Crippen molar-refractivity contribution in [3.63, 3.8) is 0 Å². The topological polar surface area (TPSA) is 77.3 Å². The van der Waals surface area contributed by atoms with Crippen LogP contribution in [0.25, 0.3) is 6.08 Å². The van der Waals surface area contributed by atoms with Gasteiger partial charge in [-0.3, -0.25) is 0 Å². The van der Waals surface area contributed by atoms with Gasteiger partial charge in [-0.05, 0) is 30.8 Å². The second-order valence-electron chi connectivity index (χ2n) is 4.99. The number of rotatable bonds is 4. The van der Waals surface area contributed by atoms with Crippen LogP contribution in [0.1, 0.15) is 12.5 Å². The van der Waals surface area contributed by atoms with Gasteiger partial charge >= 0.3 is 11.9 Å². The van der Waals surface area contributed by atoms with E-state index in [1.54, 1.807) is 36.6 Å². The minimum atomic E-state index is -0.470. The lowest BCUT2D eigenvalue weighted by Crippen LogP contribution is -3.13. The van der Waals surface area contributed by atoms with Crippen LogP contribution in [0, 0.1) is 0 Å². The van der Waals surface area contributed by atoms with Gasteiger partial charge in [0.15, 0.2) is 11.5 Å². The summed E-state index contributed by atoms with van der Waals surface area (Å²) in [5, 5.41) is 11.8. The van der Waals surface area contributed by atoms with Crippen molar-refractivity contribution < 1.29 is 29.1 Å². The molecule has 1 aromatic rings. The molecule has 0 saturated carbocycles. The Hall–Kier alpha value is -1.90. The number of aromatic hydroxyl groups is 1. The lowest BCUT2D eigenvalue weighted by Gasteiger charge is -2.10. The number of quaternary nitrogens is 1. The van der Waals surface area contributed by atoms with Gasteiger partial charge in [-0.25, -0.2) is 14.5 Å². The summed E-state index contributed by atoms with van der Waals surface area (Å²) >= 11 is 2.79. The number of para-hydroxylation sites is 1. The van der Waals surface area contributed by atoms with E-state index in [4.69, 9.17) is 9.47 Å². The van der Waals surface area contributed by atoms with Gasteiger partial charge in [0.05, 0.1) is 13.7 Å². The van der Waals surface area contributed by atoms with Gasteiger partial charge in [0.1, 0.15) is 4.91 Å². The number of phenols is 1. The molecule has 6 nitrogen and oxygen atoms in total. The Labute approximate surface area is 147 Å². The van der Waals surface area contributed by atoms with Crippen LogP contribution in [0.5, 0.6) is 11.5 Å². The number of methoxy groups -OCH3 is 1. The van der Waals surface area contributed by atoms with Crippen LogP contribution < -0.4 is 9.64 Å². The monoisotopic (exact) mass is 366 g/mol. The molecule has 0 aromatic heterocycles. The molecule has 1 amide bonds. The third-order valence-corrected chi connectivity index (χ3v) is 6.05. The maximum Gasteiger partial charge on any atom is 0.393 e. The van der Waals surface area contributed by atoms with Crippen LogP contribution >= 0.6 is 23.5 Å². The highest BCUT2D eigenvalue weighted by Crippen LogP contribution is 2.39. The Balaban J connectivity index is 1.88. The maximum atomic E-state index is 12.7. The molecule has 2 unspecified atom stereocenters. The zero-order valence-electron chi connectivity index (χ0n) is 13.1. The molecule has 3 rings (SSSR count). The van der Waals surface area contributed by atoms with E-state index in [9.17, 15) is 14.7 Å². The number of carbonyl (C=O) groups excluding carboxylic acids is 2. The molecule has 1 aromatic carbocycles. The Morgan fingerprint density at radius 3 is 2.96 bits per heavy atom. The summed E-state index contributed by atoms with van der Waals surface area (Å²) in [5.41, 5.74) is 0.833. The van der Waals surface area contributed by atoms with E-state index >= 15 is 0 Å². The zero-order valence-corrected chi connectivity index (χ0v) is 14.7. The van der Waals surface area contributed by atoms with Gasteiger partial charge in [-0.1, -0.05) is 23.9 Å². The number of phenolic OH excluding ortho intramolecular Hbond substituents is 1. The Morgan fingerprint density at radius 2 is 2.25 bits per heavy atom. The number of hydrogen-bond donors (Lipinski definition) is 2. The van der Waals surface area contributed by atoms with E-state index in [-0.39, 0.29) is 23.0 Å². The van der Waals surface area contributed by atoms with E-state index < -0.39 is 5.97 Å². The van der Waals surface area contributed by atoms with E-state index in [1.165, 1.54) is 30.6 Å². The van der Waals surface area contributed by atoms with Crippen molar-refractivity contribution in [2.75, 3.05) is 13.7 Å². The largest absolute Gasteiger partial charge is 0.504 e. The molecular weight excluding hydrogens is 350 g/mol. The van der Waals surface area contributed by atoms with Crippen LogP contribution in [0.15, 0.2) is 34.2 Å². The minimum Gasteiger partial charge on any atom is -0.504 e. The predicted molar refractivity (Wildman–Crippen MR) is 92.3 cm³/mol. The second kappa shape index (κ2) is 6.92. The summed E-state index contributed by atoms with van der Waals surface area (Å²) in [6, 6.07) is 5.08. The molecule has 0 spiro atoms. The van der Waals surface area contributed by atoms with Crippen molar-refractivity contribution in [3.8, 4) is 11.5 Å². The van der Waals surface area contributed by atoms with Crippen molar-refractivity contribution in [2.24, 2.45) is 0 Å². The van der Waals surface area contributed by atoms with Gasteiger partial charge in [0.2, 0.25) is 10.4 Å².